The van der Waals surface area contributed by atoms with Crippen LogP contribution < -0.4 is 11.1 Å². The van der Waals surface area contributed by atoms with E-state index in [0.717, 1.165) is 22.6 Å². The molecule has 1 aromatic carbocycles. The van der Waals surface area contributed by atoms with Crippen LogP contribution in [0.15, 0.2) is 23.1 Å². The molecule has 0 saturated heterocycles. The molecule has 1 aromatic rings. The van der Waals surface area contributed by atoms with Gasteiger partial charge in [-0.3, -0.25) is 4.79 Å². The summed E-state index contributed by atoms with van der Waals surface area (Å²) in [6.45, 7) is 0.742. The molecule has 0 aliphatic carbocycles. The first kappa shape index (κ1) is 14.3. The summed E-state index contributed by atoms with van der Waals surface area (Å²) < 4.78 is 18.4. The van der Waals surface area contributed by atoms with Gasteiger partial charge in [0, 0.05) is 17.2 Å². The van der Waals surface area contributed by atoms with Crippen molar-refractivity contribution in [2.75, 3.05) is 25.5 Å². The van der Waals surface area contributed by atoms with Crippen molar-refractivity contribution in [2.45, 2.75) is 17.4 Å². The van der Waals surface area contributed by atoms with E-state index in [1.54, 1.807) is 17.8 Å². The largest absolute Gasteiger partial charge is 0.370 e. The van der Waals surface area contributed by atoms with Gasteiger partial charge in [-0.25, -0.2) is 4.39 Å². The van der Waals surface area contributed by atoms with Gasteiger partial charge in [0.1, 0.15) is 12.4 Å². The fourth-order valence-electron chi connectivity index (χ4n) is 2.00. The number of nitrogens with two attached hydrogens (primary N) is 1. The van der Waals surface area contributed by atoms with Crippen molar-refractivity contribution < 1.29 is 13.9 Å². The average molecular weight is 284 g/mol. The van der Waals surface area contributed by atoms with Gasteiger partial charge < -0.3 is 15.8 Å². The molecular formula is C13H17FN2O2S. The normalized spacial score (nSPS) is 17.9. The number of amides is 1. The quantitative estimate of drug-likeness (QED) is 0.803. The van der Waals surface area contributed by atoms with E-state index in [1.165, 1.54) is 12.1 Å². The minimum atomic E-state index is -0.278. The summed E-state index contributed by atoms with van der Waals surface area (Å²) in [5.74, 6) is 0.438. The van der Waals surface area contributed by atoms with E-state index in [4.69, 9.17) is 10.5 Å². The molecule has 19 heavy (non-hydrogen) atoms. The van der Waals surface area contributed by atoms with Crippen molar-refractivity contribution in [3.05, 3.63) is 29.6 Å². The highest BCUT2D eigenvalue weighted by Crippen LogP contribution is 2.36. The van der Waals surface area contributed by atoms with Crippen LogP contribution in [0.4, 0.5) is 4.39 Å². The molecule has 0 spiro atoms. The SMILES string of the molecule is NCCOCC(=O)NC1CCSc2ccc(F)cc21. The Hall–Kier alpha value is -1.11. The second-order valence-corrected chi connectivity index (χ2v) is 5.42. The monoisotopic (exact) mass is 284 g/mol. The van der Waals surface area contributed by atoms with Crippen LogP contribution in [0.2, 0.25) is 0 Å². The summed E-state index contributed by atoms with van der Waals surface area (Å²) in [6.07, 6.45) is 0.795. The molecule has 1 unspecified atom stereocenters. The Kier molecular flexibility index (Phi) is 5.18. The second kappa shape index (κ2) is 6.88. The van der Waals surface area contributed by atoms with Crippen LogP contribution in [-0.2, 0) is 9.53 Å². The van der Waals surface area contributed by atoms with Crippen molar-refractivity contribution >= 4 is 17.7 Å². The van der Waals surface area contributed by atoms with Crippen LogP contribution in [0.5, 0.6) is 0 Å². The zero-order chi connectivity index (χ0) is 13.7. The molecule has 6 heteroatoms. The summed E-state index contributed by atoms with van der Waals surface area (Å²) in [7, 11) is 0. The van der Waals surface area contributed by atoms with E-state index in [-0.39, 0.29) is 24.4 Å². The van der Waals surface area contributed by atoms with Gasteiger partial charge in [-0.05, 0) is 30.2 Å². The van der Waals surface area contributed by atoms with Gasteiger partial charge in [0.15, 0.2) is 0 Å². The minimum Gasteiger partial charge on any atom is -0.370 e. The zero-order valence-corrected chi connectivity index (χ0v) is 11.3. The molecule has 1 aliphatic heterocycles. The van der Waals surface area contributed by atoms with Gasteiger partial charge in [-0.15, -0.1) is 11.8 Å². The number of carbonyl (C=O) groups excluding carboxylic acids is 1. The maximum absolute atomic E-state index is 13.3. The molecule has 1 atom stereocenters. The highest BCUT2D eigenvalue weighted by molar-refractivity contribution is 7.99. The summed E-state index contributed by atoms with van der Waals surface area (Å²) in [6, 6.07) is 4.56. The van der Waals surface area contributed by atoms with Crippen LogP contribution in [0.25, 0.3) is 0 Å². The van der Waals surface area contributed by atoms with E-state index >= 15 is 0 Å². The maximum Gasteiger partial charge on any atom is 0.246 e. The van der Waals surface area contributed by atoms with Crippen molar-refractivity contribution in [3.8, 4) is 0 Å². The van der Waals surface area contributed by atoms with Gasteiger partial charge in [-0.1, -0.05) is 0 Å². The van der Waals surface area contributed by atoms with E-state index in [1.807, 2.05) is 0 Å². The Morgan fingerprint density at radius 1 is 1.58 bits per heavy atom. The smallest absolute Gasteiger partial charge is 0.246 e. The number of nitrogens with one attached hydrogen (secondary N) is 1. The van der Waals surface area contributed by atoms with Crippen molar-refractivity contribution in [1.29, 1.82) is 0 Å². The van der Waals surface area contributed by atoms with E-state index < -0.39 is 0 Å². The number of benzene rings is 1. The Balaban J connectivity index is 1.99. The van der Waals surface area contributed by atoms with Gasteiger partial charge in [0.25, 0.3) is 0 Å². The Morgan fingerprint density at radius 3 is 3.21 bits per heavy atom. The van der Waals surface area contributed by atoms with Crippen LogP contribution in [-0.4, -0.2) is 31.4 Å². The minimum absolute atomic E-state index is 0.00844. The number of carbonyl (C=O) groups is 1. The van der Waals surface area contributed by atoms with Crippen LogP contribution in [0.1, 0.15) is 18.0 Å². The molecule has 1 aliphatic rings. The second-order valence-electron chi connectivity index (χ2n) is 4.28. The summed E-state index contributed by atoms with van der Waals surface area (Å²) >= 11 is 1.68. The molecule has 2 rings (SSSR count). The third-order valence-corrected chi connectivity index (χ3v) is 3.96. The molecule has 3 N–H and O–H groups in total. The molecule has 1 amide bonds. The molecular weight excluding hydrogens is 267 g/mol. The molecule has 0 saturated carbocycles. The summed E-state index contributed by atoms with van der Waals surface area (Å²) in [4.78, 5) is 12.7. The number of hydrogen-bond acceptors (Lipinski definition) is 4. The predicted molar refractivity (Wildman–Crippen MR) is 72.5 cm³/mol. The lowest BCUT2D eigenvalue weighted by atomic mass is 10.0. The lowest BCUT2D eigenvalue weighted by Gasteiger charge is -2.26. The predicted octanol–water partition coefficient (Wildman–Crippen LogP) is 1.45. The van der Waals surface area contributed by atoms with E-state index in [9.17, 15) is 9.18 Å². The highest BCUT2D eigenvalue weighted by Gasteiger charge is 2.22. The molecule has 104 valence electrons. The van der Waals surface area contributed by atoms with Gasteiger partial charge in [-0.2, -0.15) is 0 Å². The molecule has 0 bridgehead atoms. The maximum atomic E-state index is 13.3. The number of fused-ring (bicyclic) bond motifs is 1. The van der Waals surface area contributed by atoms with E-state index in [2.05, 4.69) is 5.32 Å². The first-order valence-corrected chi connectivity index (χ1v) is 7.18. The van der Waals surface area contributed by atoms with Crippen molar-refractivity contribution in [2.24, 2.45) is 5.73 Å². The van der Waals surface area contributed by atoms with Crippen molar-refractivity contribution in [3.63, 3.8) is 0 Å². The highest BCUT2D eigenvalue weighted by atomic mass is 32.2. The third-order valence-electron chi connectivity index (χ3n) is 2.84. The van der Waals surface area contributed by atoms with Gasteiger partial charge >= 0.3 is 0 Å². The topological polar surface area (TPSA) is 64.3 Å². The Morgan fingerprint density at radius 2 is 2.42 bits per heavy atom. The fraction of sp³-hybridized carbons (Fsp3) is 0.462. The molecule has 0 aromatic heterocycles. The van der Waals surface area contributed by atoms with Gasteiger partial charge in [0.2, 0.25) is 5.91 Å². The lowest BCUT2D eigenvalue weighted by molar-refractivity contribution is -0.126. The first-order chi connectivity index (χ1) is 9.20. The summed E-state index contributed by atoms with van der Waals surface area (Å²) in [5, 5.41) is 2.88. The van der Waals surface area contributed by atoms with Crippen LogP contribution in [0.3, 0.4) is 0 Å². The van der Waals surface area contributed by atoms with Crippen LogP contribution in [0, 0.1) is 5.82 Å². The third kappa shape index (κ3) is 3.92. The van der Waals surface area contributed by atoms with Gasteiger partial charge in [0.05, 0.1) is 12.6 Å². The number of hydrogen-bond donors (Lipinski definition) is 2. The van der Waals surface area contributed by atoms with Crippen molar-refractivity contribution in [1.82, 2.24) is 5.32 Å². The number of rotatable bonds is 5. The standard InChI is InChI=1S/C13H17FN2O2S/c14-9-1-2-12-10(7-9)11(3-6-19-12)16-13(17)8-18-5-4-15/h1-2,7,11H,3-6,8,15H2,(H,16,17). The van der Waals surface area contributed by atoms with E-state index in [0.29, 0.717) is 13.2 Å². The molecule has 0 fully saturated rings. The Labute approximate surface area is 115 Å². The number of thioether (sulfide) groups is 1. The lowest BCUT2D eigenvalue weighted by Crippen LogP contribution is -2.33. The summed E-state index contributed by atoms with van der Waals surface area (Å²) in [5.41, 5.74) is 6.13. The first-order valence-electron chi connectivity index (χ1n) is 6.20. The number of ether oxygens (including phenoxy) is 1. The zero-order valence-electron chi connectivity index (χ0n) is 10.5. The number of halogens is 1. The fourth-order valence-corrected chi connectivity index (χ4v) is 3.11. The average Bonchev–Trinajstić information content (AvgIpc) is 2.40. The van der Waals surface area contributed by atoms with Crippen LogP contribution >= 0.6 is 11.8 Å². The molecule has 1 heterocycles. The Bertz CT molecular complexity index is 456. The molecule has 4 nitrogen and oxygen atoms in total. The molecule has 0 radical (unpaired) electrons.